The lowest BCUT2D eigenvalue weighted by Gasteiger charge is -2.11. The fourth-order valence-corrected chi connectivity index (χ4v) is 3.28. The van der Waals surface area contributed by atoms with Gasteiger partial charge in [-0.25, -0.2) is 0 Å². The second-order valence-electron chi connectivity index (χ2n) is 7.67. The summed E-state index contributed by atoms with van der Waals surface area (Å²) in [6.07, 6.45) is -0.939. The van der Waals surface area contributed by atoms with Crippen molar-refractivity contribution in [1.82, 2.24) is 20.0 Å². The average molecular weight is 468 g/mol. The maximum Gasteiger partial charge on any atom is 0.416 e. The molecule has 0 atom stereocenters. The van der Waals surface area contributed by atoms with Gasteiger partial charge in [0.25, 0.3) is 0 Å². The fourth-order valence-electron chi connectivity index (χ4n) is 3.28. The zero-order chi connectivity index (χ0) is 24.0. The van der Waals surface area contributed by atoms with Crippen LogP contribution in [0.25, 0.3) is 11.3 Å². The van der Waals surface area contributed by atoms with Crippen molar-refractivity contribution in [2.45, 2.75) is 32.9 Å². The average Bonchev–Trinajstić information content (AvgIpc) is 3.35. The van der Waals surface area contributed by atoms with Crippen molar-refractivity contribution < 1.29 is 22.6 Å². The molecule has 0 aliphatic rings. The Kier molecular flexibility index (Phi) is 7.22. The second kappa shape index (κ2) is 10.5. The molecule has 4 rings (SSSR count). The Morgan fingerprint density at radius 3 is 2.32 bits per heavy atom. The Morgan fingerprint density at radius 1 is 0.912 bits per heavy atom. The highest BCUT2D eigenvalue weighted by atomic mass is 19.4. The minimum atomic E-state index is -4.35. The van der Waals surface area contributed by atoms with Gasteiger partial charge in [-0.2, -0.15) is 13.2 Å². The van der Waals surface area contributed by atoms with Crippen LogP contribution in [0, 0.1) is 6.92 Å². The normalized spacial score (nSPS) is 11.5. The van der Waals surface area contributed by atoms with Crippen molar-refractivity contribution >= 4 is 0 Å². The fraction of sp³-hybridized carbons (Fsp3) is 0.240. The van der Waals surface area contributed by atoms with Gasteiger partial charge in [-0.15, -0.1) is 5.10 Å². The largest absolute Gasteiger partial charge is 0.489 e. The first-order valence-corrected chi connectivity index (χ1v) is 10.7. The zero-order valence-corrected chi connectivity index (χ0v) is 18.5. The molecule has 0 aliphatic heterocycles. The number of halogens is 3. The van der Waals surface area contributed by atoms with E-state index >= 15 is 0 Å². The molecule has 2 aromatic heterocycles. The number of pyridine rings is 1. The number of nitrogens with zero attached hydrogens (tertiary/aromatic N) is 4. The molecule has 9 heteroatoms. The molecule has 0 bridgehead atoms. The summed E-state index contributed by atoms with van der Waals surface area (Å²) in [5, 5.41) is 7.63. The highest BCUT2D eigenvalue weighted by Crippen LogP contribution is 2.30. The summed E-state index contributed by atoms with van der Waals surface area (Å²) < 4.78 is 51.5. The van der Waals surface area contributed by atoms with E-state index in [2.05, 4.69) is 15.3 Å². The Balaban J connectivity index is 1.28. The van der Waals surface area contributed by atoms with Crippen molar-refractivity contribution in [2.24, 2.45) is 0 Å². The molecule has 0 amide bonds. The van der Waals surface area contributed by atoms with Crippen LogP contribution in [0.2, 0.25) is 0 Å². The summed E-state index contributed by atoms with van der Waals surface area (Å²) in [6.45, 7) is 3.86. The standard InChI is InChI=1S/C25H23F3N4O2/c1-18-21(6-11-24(30-18)20-4-7-22(8-5-20)25(26,27)28)17-34-23-9-2-19(3-10-23)16-33-15-14-32-13-12-29-31-32/h2-13H,14-17H2,1H3. The minimum absolute atomic E-state index is 0.333. The van der Waals surface area contributed by atoms with Crippen LogP contribution in [0.1, 0.15) is 22.4 Å². The van der Waals surface area contributed by atoms with Gasteiger partial charge in [0.05, 0.1) is 37.2 Å². The van der Waals surface area contributed by atoms with E-state index in [1.54, 1.807) is 23.1 Å². The molecule has 0 fully saturated rings. The van der Waals surface area contributed by atoms with Crippen molar-refractivity contribution in [3.63, 3.8) is 0 Å². The number of benzene rings is 2. The van der Waals surface area contributed by atoms with Gasteiger partial charge in [0.1, 0.15) is 12.4 Å². The second-order valence-corrected chi connectivity index (χ2v) is 7.67. The predicted molar refractivity (Wildman–Crippen MR) is 120 cm³/mol. The molecule has 0 spiro atoms. The molecule has 34 heavy (non-hydrogen) atoms. The lowest BCUT2D eigenvalue weighted by atomic mass is 10.1. The first-order chi connectivity index (χ1) is 16.4. The molecule has 0 aliphatic carbocycles. The molecule has 2 aromatic carbocycles. The lowest BCUT2D eigenvalue weighted by molar-refractivity contribution is -0.137. The monoisotopic (exact) mass is 468 g/mol. The molecule has 6 nitrogen and oxygen atoms in total. The Bertz CT molecular complexity index is 1190. The summed E-state index contributed by atoms with van der Waals surface area (Å²) in [6, 6.07) is 16.3. The Morgan fingerprint density at radius 2 is 1.68 bits per heavy atom. The molecular formula is C25H23F3N4O2. The molecule has 0 saturated heterocycles. The zero-order valence-electron chi connectivity index (χ0n) is 18.5. The molecule has 4 aromatic rings. The third kappa shape index (κ3) is 6.20. The van der Waals surface area contributed by atoms with Crippen molar-refractivity contribution in [3.05, 3.63) is 95.4 Å². The van der Waals surface area contributed by atoms with Crippen molar-refractivity contribution in [1.29, 1.82) is 0 Å². The number of aryl methyl sites for hydroxylation is 1. The Labute approximate surface area is 195 Å². The van der Waals surface area contributed by atoms with Crippen LogP contribution < -0.4 is 4.74 Å². The van der Waals surface area contributed by atoms with Crippen LogP contribution in [0.15, 0.2) is 73.1 Å². The van der Waals surface area contributed by atoms with E-state index in [0.717, 1.165) is 34.7 Å². The number of aromatic nitrogens is 4. The van der Waals surface area contributed by atoms with Crippen LogP contribution >= 0.6 is 0 Å². The number of rotatable bonds is 9. The molecular weight excluding hydrogens is 445 g/mol. The maximum atomic E-state index is 12.8. The number of hydrogen-bond acceptors (Lipinski definition) is 5. The van der Waals surface area contributed by atoms with Gasteiger partial charge < -0.3 is 9.47 Å². The van der Waals surface area contributed by atoms with E-state index in [9.17, 15) is 13.2 Å². The molecule has 0 unspecified atom stereocenters. The third-order valence-electron chi connectivity index (χ3n) is 5.23. The van der Waals surface area contributed by atoms with Gasteiger partial charge in [-0.05, 0) is 42.8 Å². The van der Waals surface area contributed by atoms with Crippen LogP contribution in [0.4, 0.5) is 13.2 Å². The first-order valence-electron chi connectivity index (χ1n) is 10.7. The van der Waals surface area contributed by atoms with Crippen molar-refractivity contribution in [2.75, 3.05) is 6.61 Å². The van der Waals surface area contributed by atoms with Crippen LogP contribution in [-0.4, -0.2) is 26.6 Å². The van der Waals surface area contributed by atoms with Gasteiger partial charge in [0.2, 0.25) is 0 Å². The predicted octanol–water partition coefficient (Wildman–Crippen LogP) is 5.46. The number of alkyl halides is 3. The van der Waals surface area contributed by atoms with E-state index in [0.29, 0.717) is 37.6 Å². The quantitative estimate of drug-likeness (QED) is 0.305. The highest BCUT2D eigenvalue weighted by Gasteiger charge is 2.30. The first kappa shape index (κ1) is 23.4. The highest BCUT2D eigenvalue weighted by molar-refractivity contribution is 5.60. The summed E-state index contributed by atoms with van der Waals surface area (Å²) in [5.74, 6) is 0.720. The Hall–Kier alpha value is -3.72. The van der Waals surface area contributed by atoms with E-state index in [4.69, 9.17) is 9.47 Å². The maximum absolute atomic E-state index is 12.8. The molecule has 0 radical (unpaired) electrons. The van der Waals surface area contributed by atoms with Gasteiger partial charge in [-0.1, -0.05) is 35.5 Å². The van der Waals surface area contributed by atoms with Gasteiger partial charge in [0, 0.05) is 23.0 Å². The summed E-state index contributed by atoms with van der Waals surface area (Å²) >= 11 is 0. The van der Waals surface area contributed by atoms with E-state index < -0.39 is 11.7 Å². The van der Waals surface area contributed by atoms with Crippen LogP contribution in [0.5, 0.6) is 5.75 Å². The van der Waals surface area contributed by atoms with Gasteiger partial charge in [0.15, 0.2) is 0 Å². The SMILES string of the molecule is Cc1nc(-c2ccc(C(F)(F)F)cc2)ccc1COc1ccc(COCCn2ccnn2)cc1. The van der Waals surface area contributed by atoms with Gasteiger partial charge >= 0.3 is 6.18 Å². The van der Waals surface area contributed by atoms with E-state index in [1.807, 2.05) is 37.3 Å². The number of ether oxygens (including phenoxy) is 2. The van der Waals surface area contributed by atoms with E-state index in [-0.39, 0.29) is 0 Å². The summed E-state index contributed by atoms with van der Waals surface area (Å²) in [5.41, 5.74) is 3.25. The van der Waals surface area contributed by atoms with Crippen LogP contribution in [-0.2, 0) is 30.7 Å². The molecule has 2 heterocycles. The summed E-state index contributed by atoms with van der Waals surface area (Å²) in [4.78, 5) is 4.53. The van der Waals surface area contributed by atoms with Crippen LogP contribution in [0.3, 0.4) is 0 Å². The summed E-state index contributed by atoms with van der Waals surface area (Å²) in [7, 11) is 0. The van der Waals surface area contributed by atoms with Gasteiger partial charge in [-0.3, -0.25) is 9.67 Å². The third-order valence-corrected chi connectivity index (χ3v) is 5.23. The minimum Gasteiger partial charge on any atom is -0.489 e. The molecule has 176 valence electrons. The molecule has 0 N–H and O–H groups in total. The topological polar surface area (TPSA) is 62.1 Å². The molecule has 0 saturated carbocycles. The van der Waals surface area contributed by atoms with E-state index in [1.165, 1.54) is 12.1 Å². The number of hydrogen-bond donors (Lipinski definition) is 0. The lowest BCUT2D eigenvalue weighted by Crippen LogP contribution is -2.06. The van der Waals surface area contributed by atoms with Crippen molar-refractivity contribution in [3.8, 4) is 17.0 Å². The smallest absolute Gasteiger partial charge is 0.416 e.